The number of hydrogen-bond acceptors (Lipinski definition) is 5. The van der Waals surface area contributed by atoms with Crippen molar-refractivity contribution in [1.29, 1.82) is 0 Å². The number of halogens is 1. The maximum absolute atomic E-state index is 13.1. The van der Waals surface area contributed by atoms with Gasteiger partial charge in [0.1, 0.15) is 11.6 Å². The average Bonchev–Trinajstić information content (AvgIpc) is 3.02. The Bertz CT molecular complexity index is 1070. The lowest BCUT2D eigenvalue weighted by atomic mass is 9.98. The third-order valence-electron chi connectivity index (χ3n) is 5.83. The predicted molar refractivity (Wildman–Crippen MR) is 131 cm³/mol. The van der Waals surface area contributed by atoms with Gasteiger partial charge in [0.2, 0.25) is 6.41 Å². The number of hydrogen-bond donors (Lipinski definition) is 1. The fourth-order valence-corrected chi connectivity index (χ4v) is 4.88. The molecule has 0 atom stereocenters. The summed E-state index contributed by atoms with van der Waals surface area (Å²) in [6.07, 6.45) is 9.88. The first kappa shape index (κ1) is 23.3. The van der Waals surface area contributed by atoms with Crippen molar-refractivity contribution < 1.29 is 13.9 Å². The van der Waals surface area contributed by atoms with Gasteiger partial charge in [-0.1, -0.05) is 37.1 Å². The number of rotatable bonds is 4. The van der Waals surface area contributed by atoms with E-state index in [9.17, 15) is 9.18 Å². The highest BCUT2D eigenvalue weighted by molar-refractivity contribution is 7.99. The van der Waals surface area contributed by atoms with Gasteiger partial charge in [0, 0.05) is 28.7 Å². The second kappa shape index (κ2) is 11.3. The predicted octanol–water partition coefficient (Wildman–Crippen LogP) is 6.56. The van der Waals surface area contributed by atoms with Crippen LogP contribution in [0.4, 0.5) is 21.6 Å². The summed E-state index contributed by atoms with van der Waals surface area (Å²) in [4.78, 5) is 19.5. The Morgan fingerprint density at radius 3 is 2.55 bits per heavy atom. The highest BCUT2D eigenvalue weighted by Crippen LogP contribution is 2.38. The Morgan fingerprint density at radius 2 is 1.85 bits per heavy atom. The lowest BCUT2D eigenvalue weighted by molar-refractivity contribution is -0.107. The quantitative estimate of drug-likeness (QED) is 0.442. The maximum atomic E-state index is 13.1. The van der Waals surface area contributed by atoms with Gasteiger partial charge in [-0.15, -0.1) is 0 Å². The van der Waals surface area contributed by atoms with Crippen LogP contribution >= 0.6 is 11.8 Å². The molecule has 1 aliphatic carbocycles. The van der Waals surface area contributed by atoms with Gasteiger partial charge in [-0.3, -0.25) is 4.79 Å². The maximum Gasteiger partial charge on any atom is 0.214 e. The summed E-state index contributed by atoms with van der Waals surface area (Å²) in [6, 6.07) is 16.0. The molecule has 5 nitrogen and oxygen atoms in total. The molecular weight excluding hydrogens is 437 g/mol. The summed E-state index contributed by atoms with van der Waals surface area (Å²) in [5.41, 5.74) is 2.58. The molecule has 3 aromatic rings. The van der Waals surface area contributed by atoms with E-state index in [4.69, 9.17) is 4.74 Å². The van der Waals surface area contributed by atoms with Crippen molar-refractivity contribution in [3.8, 4) is 0 Å². The molecule has 2 aromatic carbocycles. The van der Waals surface area contributed by atoms with E-state index < -0.39 is 0 Å². The topological polar surface area (TPSA) is 54.5 Å². The van der Waals surface area contributed by atoms with E-state index in [-0.39, 0.29) is 5.82 Å². The van der Waals surface area contributed by atoms with Crippen molar-refractivity contribution >= 4 is 35.4 Å². The van der Waals surface area contributed by atoms with Gasteiger partial charge in [0.05, 0.1) is 24.0 Å². The van der Waals surface area contributed by atoms with Crippen molar-refractivity contribution in [2.75, 3.05) is 17.3 Å². The van der Waals surface area contributed by atoms with Crippen LogP contribution in [-0.2, 0) is 16.1 Å². The molecule has 172 valence electrons. The van der Waals surface area contributed by atoms with Crippen LogP contribution in [-0.4, -0.2) is 24.6 Å². The summed E-state index contributed by atoms with van der Waals surface area (Å²) >= 11 is 1.52. The fraction of sp³-hybridized carbons (Fsp3) is 0.308. The van der Waals surface area contributed by atoms with E-state index in [2.05, 4.69) is 10.3 Å². The van der Waals surface area contributed by atoms with E-state index in [0.29, 0.717) is 12.6 Å². The molecule has 1 amide bonds. The normalized spacial score (nSPS) is 15.3. The van der Waals surface area contributed by atoms with Crippen molar-refractivity contribution in [2.24, 2.45) is 0 Å². The first-order chi connectivity index (χ1) is 16.2. The van der Waals surface area contributed by atoms with Crippen LogP contribution in [0.1, 0.15) is 37.7 Å². The molecule has 0 radical (unpaired) electrons. The van der Waals surface area contributed by atoms with E-state index >= 15 is 0 Å². The standard InChI is InChI=1S/C19H14FN3OS.C7H14O/c20-14-3-5-15(6-4-14)25-16-7-8-17-18(10-16)23(12-24)11-13-2-1-9-21-19(13)22-17;1-8-7-5-3-2-4-6-7/h1-10,12H,11H2,(H,21,22);7H,2-6H2,1H3. The second-order valence-corrected chi connectivity index (χ2v) is 9.25. The third kappa shape index (κ3) is 6.12. The Hall–Kier alpha value is -2.90. The molecular formula is C26H28FN3O2S. The molecule has 0 unspecified atom stereocenters. The van der Waals surface area contributed by atoms with Crippen LogP contribution in [0.3, 0.4) is 0 Å². The van der Waals surface area contributed by atoms with Crippen LogP contribution in [0, 0.1) is 5.82 Å². The molecule has 1 N–H and O–H groups in total. The van der Waals surface area contributed by atoms with Crippen LogP contribution in [0.5, 0.6) is 0 Å². The SMILES string of the molecule is COC1CCCCC1.O=CN1Cc2cccnc2Nc2ccc(Sc3ccc(F)cc3)cc21. The monoisotopic (exact) mass is 465 g/mol. The third-order valence-corrected chi connectivity index (χ3v) is 6.82. The summed E-state index contributed by atoms with van der Waals surface area (Å²) in [7, 11) is 1.82. The number of nitrogens with one attached hydrogen (secondary N) is 1. The zero-order valence-electron chi connectivity index (χ0n) is 18.7. The minimum atomic E-state index is -0.257. The number of pyridine rings is 1. The lowest BCUT2D eigenvalue weighted by Crippen LogP contribution is -2.19. The number of fused-ring (bicyclic) bond motifs is 2. The number of carbonyl (C=O) groups is 1. The van der Waals surface area contributed by atoms with Crippen LogP contribution in [0.2, 0.25) is 0 Å². The molecule has 2 aliphatic rings. The Balaban J connectivity index is 0.000000275. The number of amides is 1. The number of anilines is 3. The van der Waals surface area contributed by atoms with Gasteiger partial charge in [-0.25, -0.2) is 9.37 Å². The number of ether oxygens (including phenoxy) is 1. The molecule has 1 fully saturated rings. The average molecular weight is 466 g/mol. The van der Waals surface area contributed by atoms with E-state index in [1.165, 1.54) is 56.0 Å². The molecule has 0 saturated heterocycles. The zero-order valence-corrected chi connectivity index (χ0v) is 19.5. The van der Waals surface area contributed by atoms with Crippen molar-refractivity contribution in [1.82, 2.24) is 4.98 Å². The van der Waals surface area contributed by atoms with E-state index in [1.54, 1.807) is 23.2 Å². The Labute approximate surface area is 198 Å². The van der Waals surface area contributed by atoms with Gasteiger partial charge in [-0.05, 0) is 61.4 Å². The molecule has 0 spiro atoms. The molecule has 1 saturated carbocycles. The van der Waals surface area contributed by atoms with Gasteiger partial charge in [-0.2, -0.15) is 0 Å². The lowest BCUT2D eigenvalue weighted by Gasteiger charge is -2.19. The summed E-state index contributed by atoms with van der Waals surface area (Å²) in [5.74, 6) is 0.500. The first-order valence-electron chi connectivity index (χ1n) is 11.2. The van der Waals surface area contributed by atoms with Gasteiger partial charge in [0.25, 0.3) is 0 Å². The highest BCUT2D eigenvalue weighted by atomic mass is 32.2. The number of aromatic nitrogens is 1. The molecule has 33 heavy (non-hydrogen) atoms. The zero-order chi connectivity index (χ0) is 23.0. The second-order valence-electron chi connectivity index (χ2n) is 8.10. The van der Waals surface area contributed by atoms with Crippen LogP contribution < -0.4 is 10.2 Å². The molecule has 7 heteroatoms. The van der Waals surface area contributed by atoms with E-state index in [0.717, 1.165) is 39.0 Å². The molecule has 1 aliphatic heterocycles. The summed E-state index contributed by atoms with van der Waals surface area (Å²) in [6.45, 7) is 0.456. The van der Waals surface area contributed by atoms with Gasteiger partial charge < -0.3 is 15.0 Å². The fourth-order valence-electron chi connectivity index (χ4n) is 4.03. The van der Waals surface area contributed by atoms with Crippen molar-refractivity contribution in [3.05, 3.63) is 72.2 Å². The number of methoxy groups -OCH3 is 1. The molecule has 5 rings (SSSR count). The smallest absolute Gasteiger partial charge is 0.214 e. The molecule has 2 heterocycles. The summed E-state index contributed by atoms with van der Waals surface area (Å²) < 4.78 is 18.2. The number of benzene rings is 2. The number of nitrogens with zero attached hydrogens (tertiary/aromatic N) is 2. The Kier molecular flexibility index (Phi) is 7.96. The Morgan fingerprint density at radius 1 is 1.09 bits per heavy atom. The first-order valence-corrected chi connectivity index (χ1v) is 12.0. The highest BCUT2D eigenvalue weighted by Gasteiger charge is 2.19. The van der Waals surface area contributed by atoms with Gasteiger partial charge >= 0.3 is 0 Å². The number of carbonyl (C=O) groups excluding carboxylic acids is 1. The van der Waals surface area contributed by atoms with Crippen LogP contribution in [0.25, 0.3) is 0 Å². The summed E-state index contributed by atoms with van der Waals surface area (Å²) in [5, 5.41) is 3.30. The van der Waals surface area contributed by atoms with Gasteiger partial charge in [0.15, 0.2) is 0 Å². The molecule has 0 bridgehead atoms. The minimum absolute atomic E-state index is 0.257. The van der Waals surface area contributed by atoms with Crippen LogP contribution in [0.15, 0.2) is 70.6 Å². The molecule has 1 aromatic heterocycles. The van der Waals surface area contributed by atoms with Crippen molar-refractivity contribution in [2.45, 2.75) is 54.5 Å². The minimum Gasteiger partial charge on any atom is -0.381 e. The van der Waals surface area contributed by atoms with Crippen molar-refractivity contribution in [3.63, 3.8) is 0 Å². The largest absolute Gasteiger partial charge is 0.381 e. The van der Waals surface area contributed by atoms with E-state index in [1.807, 2.05) is 37.4 Å².